The van der Waals surface area contributed by atoms with Gasteiger partial charge in [0.2, 0.25) is 0 Å². The van der Waals surface area contributed by atoms with Crippen LogP contribution in [0.2, 0.25) is 5.02 Å². The second-order valence-electron chi connectivity index (χ2n) is 3.65. The van der Waals surface area contributed by atoms with Crippen LogP contribution in [0.4, 0.5) is 0 Å². The molecule has 0 saturated carbocycles. The molecule has 0 radical (unpaired) electrons. The van der Waals surface area contributed by atoms with Crippen LogP contribution in [-0.4, -0.2) is 0 Å². The highest BCUT2D eigenvalue weighted by atomic mass is 79.9. The summed E-state index contributed by atoms with van der Waals surface area (Å²) in [6.07, 6.45) is 0.838. The molecule has 2 nitrogen and oxygen atoms in total. The van der Waals surface area contributed by atoms with Crippen LogP contribution in [-0.2, 0) is 6.42 Å². The molecule has 0 aliphatic heterocycles. The van der Waals surface area contributed by atoms with E-state index in [9.17, 15) is 0 Å². The topological polar surface area (TPSA) is 38.0 Å². The smallest absolute Gasteiger partial charge is 0.0596 e. The van der Waals surface area contributed by atoms with Crippen molar-refractivity contribution in [1.82, 2.24) is 5.43 Å². The lowest BCUT2D eigenvalue weighted by molar-refractivity contribution is 0.555. The summed E-state index contributed by atoms with van der Waals surface area (Å²) < 4.78 is 0.892. The minimum atomic E-state index is 0.0265. The van der Waals surface area contributed by atoms with Crippen molar-refractivity contribution in [2.45, 2.75) is 12.5 Å². The average Bonchev–Trinajstić information content (AvgIpc) is 2.83. The molecule has 1 heterocycles. The molecule has 1 unspecified atom stereocenters. The van der Waals surface area contributed by atoms with Crippen LogP contribution in [0.3, 0.4) is 0 Å². The van der Waals surface area contributed by atoms with Gasteiger partial charge in [0.1, 0.15) is 0 Å². The van der Waals surface area contributed by atoms with Gasteiger partial charge in [0.05, 0.1) is 11.1 Å². The minimum absolute atomic E-state index is 0.0265. The summed E-state index contributed by atoms with van der Waals surface area (Å²) >= 11 is 11.4. The van der Waals surface area contributed by atoms with Crippen molar-refractivity contribution < 1.29 is 0 Å². The van der Waals surface area contributed by atoms with Crippen molar-refractivity contribution in [3.63, 3.8) is 0 Å². The Kier molecular flexibility index (Phi) is 4.59. The van der Waals surface area contributed by atoms with Gasteiger partial charge in [-0.15, -0.1) is 11.3 Å². The maximum atomic E-state index is 6.27. The van der Waals surface area contributed by atoms with E-state index in [2.05, 4.69) is 32.8 Å². The number of nitrogens with two attached hydrogens (primary N) is 1. The Morgan fingerprint density at radius 3 is 2.82 bits per heavy atom. The molecule has 17 heavy (non-hydrogen) atoms. The van der Waals surface area contributed by atoms with Gasteiger partial charge in [-0.1, -0.05) is 29.8 Å². The fraction of sp³-hybridized carbons (Fsp3) is 0.167. The van der Waals surface area contributed by atoms with E-state index in [-0.39, 0.29) is 6.04 Å². The first-order valence-corrected chi connectivity index (χ1v) is 7.20. The first kappa shape index (κ1) is 13.1. The van der Waals surface area contributed by atoms with Crippen molar-refractivity contribution in [3.05, 3.63) is 55.6 Å². The van der Waals surface area contributed by atoms with Crippen molar-refractivity contribution in [3.8, 4) is 0 Å². The highest BCUT2D eigenvalue weighted by molar-refractivity contribution is 9.10. The molecule has 5 heteroatoms. The van der Waals surface area contributed by atoms with E-state index in [1.165, 1.54) is 4.88 Å². The molecule has 1 aromatic heterocycles. The quantitative estimate of drug-likeness (QED) is 0.658. The highest BCUT2D eigenvalue weighted by Gasteiger charge is 2.15. The van der Waals surface area contributed by atoms with E-state index in [1.54, 1.807) is 11.3 Å². The van der Waals surface area contributed by atoms with Crippen LogP contribution in [0.25, 0.3) is 0 Å². The zero-order valence-electron chi connectivity index (χ0n) is 8.99. The lowest BCUT2D eigenvalue weighted by Crippen LogP contribution is -2.29. The Labute approximate surface area is 118 Å². The molecule has 90 valence electrons. The fourth-order valence-electron chi connectivity index (χ4n) is 1.68. The third-order valence-corrected chi connectivity index (χ3v) is 4.75. The summed E-state index contributed by atoms with van der Waals surface area (Å²) in [5.41, 5.74) is 3.84. The molecule has 0 spiro atoms. The Morgan fingerprint density at radius 2 is 2.18 bits per heavy atom. The molecule has 0 saturated heterocycles. The number of hydrogen-bond acceptors (Lipinski definition) is 3. The van der Waals surface area contributed by atoms with Gasteiger partial charge in [0, 0.05) is 15.8 Å². The van der Waals surface area contributed by atoms with Gasteiger partial charge in [-0.2, -0.15) is 0 Å². The van der Waals surface area contributed by atoms with E-state index in [0.29, 0.717) is 5.02 Å². The van der Waals surface area contributed by atoms with Crippen LogP contribution < -0.4 is 11.3 Å². The Bertz CT molecular complexity index is 487. The number of benzene rings is 1. The van der Waals surface area contributed by atoms with Crippen molar-refractivity contribution in [2.75, 3.05) is 0 Å². The monoisotopic (exact) mass is 330 g/mol. The number of rotatable bonds is 4. The summed E-state index contributed by atoms with van der Waals surface area (Å²) in [5.74, 6) is 5.62. The number of halogens is 2. The molecular formula is C12H12BrClN2S. The predicted molar refractivity (Wildman–Crippen MR) is 77.2 cm³/mol. The van der Waals surface area contributed by atoms with Crippen LogP contribution in [0.5, 0.6) is 0 Å². The molecule has 0 aliphatic rings. The van der Waals surface area contributed by atoms with Gasteiger partial charge in [0.15, 0.2) is 0 Å². The summed E-state index contributed by atoms with van der Waals surface area (Å²) in [4.78, 5) is 1.28. The van der Waals surface area contributed by atoms with Crippen molar-refractivity contribution >= 4 is 38.9 Å². The third kappa shape index (κ3) is 3.09. The van der Waals surface area contributed by atoms with Gasteiger partial charge in [0.25, 0.3) is 0 Å². The largest absolute Gasteiger partial charge is 0.271 e. The molecule has 0 fully saturated rings. The second-order valence-corrected chi connectivity index (χ2v) is 5.91. The van der Waals surface area contributed by atoms with E-state index >= 15 is 0 Å². The standard InChI is InChI=1S/C12H12BrClN2S/c13-10-5-1-4-9(12(10)14)11(16-15)7-8-3-2-6-17-8/h1-6,11,16H,7,15H2. The lowest BCUT2D eigenvalue weighted by atomic mass is 10.0. The van der Waals surface area contributed by atoms with Gasteiger partial charge in [-0.3, -0.25) is 11.3 Å². The number of thiophene rings is 1. The van der Waals surface area contributed by atoms with Crippen LogP contribution >= 0.6 is 38.9 Å². The molecule has 2 aromatic rings. The highest BCUT2D eigenvalue weighted by Crippen LogP contribution is 2.31. The molecule has 0 amide bonds. The van der Waals surface area contributed by atoms with E-state index in [4.69, 9.17) is 17.4 Å². The van der Waals surface area contributed by atoms with Crippen LogP contribution in [0.1, 0.15) is 16.5 Å². The van der Waals surface area contributed by atoms with Gasteiger partial charge in [-0.25, -0.2) is 0 Å². The maximum absolute atomic E-state index is 6.27. The Hall–Kier alpha value is -0.390. The van der Waals surface area contributed by atoms with Gasteiger partial charge in [-0.05, 0) is 39.0 Å². The number of hydrogen-bond donors (Lipinski definition) is 2. The zero-order chi connectivity index (χ0) is 12.3. The lowest BCUT2D eigenvalue weighted by Gasteiger charge is -2.17. The van der Waals surface area contributed by atoms with E-state index < -0.39 is 0 Å². The zero-order valence-corrected chi connectivity index (χ0v) is 12.1. The fourth-order valence-corrected chi connectivity index (χ4v) is 3.07. The summed E-state index contributed by atoms with van der Waals surface area (Å²) in [6, 6.07) is 10.0. The molecule has 0 bridgehead atoms. The first-order valence-electron chi connectivity index (χ1n) is 5.14. The first-order chi connectivity index (χ1) is 8.22. The molecule has 1 atom stereocenters. The van der Waals surface area contributed by atoms with E-state index in [0.717, 1.165) is 16.5 Å². The third-order valence-electron chi connectivity index (χ3n) is 2.54. The summed E-state index contributed by atoms with van der Waals surface area (Å²) in [6.45, 7) is 0. The molecule has 3 N–H and O–H groups in total. The molecule has 2 rings (SSSR count). The Morgan fingerprint density at radius 1 is 1.35 bits per heavy atom. The van der Waals surface area contributed by atoms with Crippen molar-refractivity contribution in [2.24, 2.45) is 5.84 Å². The average molecular weight is 332 g/mol. The van der Waals surface area contributed by atoms with Crippen LogP contribution in [0, 0.1) is 0 Å². The Balaban J connectivity index is 2.26. The van der Waals surface area contributed by atoms with Crippen molar-refractivity contribution in [1.29, 1.82) is 0 Å². The number of nitrogens with one attached hydrogen (secondary N) is 1. The SMILES string of the molecule is NNC(Cc1cccs1)c1cccc(Br)c1Cl. The predicted octanol–water partition coefficient (Wildman–Crippen LogP) is 3.91. The minimum Gasteiger partial charge on any atom is -0.271 e. The van der Waals surface area contributed by atoms with Gasteiger partial charge >= 0.3 is 0 Å². The summed E-state index contributed by atoms with van der Waals surface area (Å²) in [7, 11) is 0. The normalized spacial score (nSPS) is 12.6. The van der Waals surface area contributed by atoms with Gasteiger partial charge < -0.3 is 0 Å². The molecule has 1 aromatic carbocycles. The van der Waals surface area contributed by atoms with E-state index in [1.807, 2.05) is 24.3 Å². The number of hydrazine groups is 1. The summed E-state index contributed by atoms with van der Waals surface area (Å²) in [5, 5.41) is 2.78. The van der Waals surface area contributed by atoms with Crippen LogP contribution in [0.15, 0.2) is 40.2 Å². The molecular weight excluding hydrogens is 320 g/mol. The maximum Gasteiger partial charge on any atom is 0.0596 e. The molecule has 0 aliphatic carbocycles. The second kappa shape index (κ2) is 5.98.